The molecule has 0 bridgehead atoms. The minimum atomic E-state index is 0.179. The Morgan fingerprint density at radius 3 is 3.10 bits per heavy atom. The molecule has 0 spiro atoms. The summed E-state index contributed by atoms with van der Waals surface area (Å²) in [7, 11) is 0. The summed E-state index contributed by atoms with van der Waals surface area (Å²) >= 11 is 6.14. The molecular weight excluding hydrogens is 274 g/mol. The van der Waals surface area contributed by atoms with Gasteiger partial charge in [-0.05, 0) is 50.3 Å². The molecule has 0 saturated carbocycles. The molecule has 3 nitrogen and oxygen atoms in total. The van der Waals surface area contributed by atoms with Gasteiger partial charge < -0.3 is 15.2 Å². The van der Waals surface area contributed by atoms with Crippen molar-refractivity contribution in [3.8, 4) is 0 Å². The maximum atomic E-state index is 8.96. The number of aliphatic hydroxyl groups excluding tert-OH is 1. The highest BCUT2D eigenvalue weighted by Gasteiger charge is 2.38. The van der Waals surface area contributed by atoms with Crippen molar-refractivity contribution in [2.75, 3.05) is 18.5 Å². The van der Waals surface area contributed by atoms with E-state index in [1.807, 2.05) is 12.1 Å². The average molecular weight is 296 g/mol. The molecule has 3 atom stereocenters. The zero-order valence-electron chi connectivity index (χ0n) is 11.6. The Hall–Kier alpha value is -0.770. The van der Waals surface area contributed by atoms with E-state index in [-0.39, 0.29) is 12.7 Å². The maximum absolute atomic E-state index is 8.96. The molecule has 4 heteroatoms. The van der Waals surface area contributed by atoms with E-state index < -0.39 is 0 Å². The molecule has 0 unspecified atom stereocenters. The van der Waals surface area contributed by atoms with Crippen LogP contribution in [0.15, 0.2) is 18.2 Å². The number of anilines is 1. The van der Waals surface area contributed by atoms with E-state index in [9.17, 15) is 0 Å². The fourth-order valence-electron chi connectivity index (χ4n) is 3.51. The van der Waals surface area contributed by atoms with Crippen LogP contribution in [0.3, 0.4) is 0 Å². The molecule has 1 aromatic rings. The number of hydrogen-bond donors (Lipinski definition) is 2. The molecule has 3 rings (SSSR count). The molecular formula is C16H22ClNO2. The first-order valence-corrected chi connectivity index (χ1v) is 7.96. The van der Waals surface area contributed by atoms with E-state index in [1.165, 1.54) is 12.0 Å². The Kier molecular flexibility index (Phi) is 4.49. The Labute approximate surface area is 125 Å². The minimum absolute atomic E-state index is 0.179. The van der Waals surface area contributed by atoms with Crippen molar-refractivity contribution >= 4 is 17.3 Å². The average Bonchev–Trinajstić information content (AvgIpc) is 2.48. The van der Waals surface area contributed by atoms with Crippen molar-refractivity contribution < 1.29 is 9.84 Å². The second kappa shape index (κ2) is 6.33. The highest BCUT2D eigenvalue weighted by Crippen LogP contribution is 2.45. The maximum Gasteiger partial charge on any atom is 0.0893 e. The first-order chi connectivity index (χ1) is 9.79. The molecule has 0 aromatic heterocycles. The van der Waals surface area contributed by atoms with Crippen molar-refractivity contribution in [1.29, 1.82) is 0 Å². The third kappa shape index (κ3) is 2.80. The van der Waals surface area contributed by atoms with Crippen molar-refractivity contribution in [1.82, 2.24) is 0 Å². The predicted octanol–water partition coefficient (Wildman–Crippen LogP) is 3.76. The summed E-state index contributed by atoms with van der Waals surface area (Å²) < 4.78 is 6.05. The van der Waals surface area contributed by atoms with E-state index in [0.717, 1.165) is 43.0 Å². The van der Waals surface area contributed by atoms with E-state index in [1.54, 1.807) is 0 Å². The van der Waals surface area contributed by atoms with Gasteiger partial charge in [-0.3, -0.25) is 0 Å². The van der Waals surface area contributed by atoms with Crippen LogP contribution in [-0.2, 0) is 4.74 Å². The van der Waals surface area contributed by atoms with Crippen LogP contribution in [0.4, 0.5) is 5.69 Å². The Morgan fingerprint density at radius 1 is 1.35 bits per heavy atom. The third-order valence-corrected chi connectivity index (χ3v) is 4.70. The van der Waals surface area contributed by atoms with Gasteiger partial charge in [-0.1, -0.05) is 11.6 Å². The number of nitrogens with one attached hydrogen (secondary N) is 1. The Bertz CT molecular complexity index is 466. The Balaban J connectivity index is 1.83. The fraction of sp³-hybridized carbons (Fsp3) is 0.625. The molecule has 1 fully saturated rings. The molecule has 2 aliphatic rings. The highest BCUT2D eigenvalue weighted by molar-refractivity contribution is 6.30. The standard InChI is InChI=1S/C16H22ClNO2/c17-11-6-7-15-13(10-11)16-12(4-3-9-20-16)14(18-15)5-1-2-8-19/h6-7,10,12,14,16,18-19H,1-5,8-9H2/t12-,14-,16-/m0/s1. The van der Waals surface area contributed by atoms with Gasteiger partial charge >= 0.3 is 0 Å². The topological polar surface area (TPSA) is 41.5 Å². The smallest absolute Gasteiger partial charge is 0.0893 e. The lowest BCUT2D eigenvalue weighted by Gasteiger charge is -2.43. The monoisotopic (exact) mass is 295 g/mol. The van der Waals surface area contributed by atoms with Crippen molar-refractivity contribution in [2.24, 2.45) is 5.92 Å². The van der Waals surface area contributed by atoms with Gasteiger partial charge in [0.1, 0.15) is 0 Å². The van der Waals surface area contributed by atoms with Crippen molar-refractivity contribution in [3.05, 3.63) is 28.8 Å². The van der Waals surface area contributed by atoms with E-state index in [2.05, 4.69) is 11.4 Å². The van der Waals surface area contributed by atoms with Crippen LogP contribution in [-0.4, -0.2) is 24.4 Å². The molecule has 0 aliphatic carbocycles. The Morgan fingerprint density at radius 2 is 2.25 bits per heavy atom. The largest absolute Gasteiger partial charge is 0.396 e. The van der Waals surface area contributed by atoms with Gasteiger partial charge in [-0.25, -0.2) is 0 Å². The van der Waals surface area contributed by atoms with Gasteiger partial charge in [0.2, 0.25) is 0 Å². The summed E-state index contributed by atoms with van der Waals surface area (Å²) in [4.78, 5) is 0. The van der Waals surface area contributed by atoms with Crippen LogP contribution in [0, 0.1) is 5.92 Å². The van der Waals surface area contributed by atoms with Crippen molar-refractivity contribution in [3.63, 3.8) is 0 Å². The lowest BCUT2D eigenvalue weighted by atomic mass is 9.78. The molecule has 2 N–H and O–H groups in total. The van der Waals surface area contributed by atoms with Gasteiger partial charge in [0.15, 0.2) is 0 Å². The number of fused-ring (bicyclic) bond motifs is 3. The summed E-state index contributed by atoms with van der Waals surface area (Å²) in [6.45, 7) is 1.12. The summed E-state index contributed by atoms with van der Waals surface area (Å²) in [6.07, 6.45) is 5.54. The fourth-order valence-corrected chi connectivity index (χ4v) is 3.69. The molecule has 0 radical (unpaired) electrons. The quantitative estimate of drug-likeness (QED) is 0.831. The lowest BCUT2D eigenvalue weighted by Crippen LogP contribution is -2.41. The van der Waals surface area contributed by atoms with Crippen LogP contribution in [0.25, 0.3) is 0 Å². The van der Waals surface area contributed by atoms with Crippen molar-refractivity contribution in [2.45, 2.75) is 44.2 Å². The lowest BCUT2D eigenvalue weighted by molar-refractivity contribution is -0.0387. The third-order valence-electron chi connectivity index (χ3n) is 4.47. The number of halogens is 1. The van der Waals surface area contributed by atoms with E-state index in [0.29, 0.717) is 12.0 Å². The molecule has 2 aliphatic heterocycles. The summed E-state index contributed by atoms with van der Waals surface area (Å²) in [6, 6.07) is 6.48. The van der Waals surface area contributed by atoms with Gasteiger partial charge in [-0.15, -0.1) is 0 Å². The molecule has 1 saturated heterocycles. The normalized spacial score (nSPS) is 28.4. The molecule has 20 heavy (non-hydrogen) atoms. The number of benzene rings is 1. The molecule has 1 aromatic carbocycles. The highest BCUT2D eigenvalue weighted by atomic mass is 35.5. The van der Waals surface area contributed by atoms with Crippen LogP contribution in [0.1, 0.15) is 43.8 Å². The number of rotatable bonds is 4. The molecule has 0 amide bonds. The summed E-state index contributed by atoms with van der Waals surface area (Å²) in [5.41, 5.74) is 2.37. The predicted molar refractivity (Wildman–Crippen MR) is 81.2 cm³/mol. The van der Waals surface area contributed by atoms with Gasteiger partial charge in [-0.2, -0.15) is 0 Å². The van der Waals surface area contributed by atoms with Gasteiger partial charge in [0.05, 0.1) is 6.10 Å². The molecule has 2 heterocycles. The second-order valence-corrected chi connectivity index (χ2v) is 6.24. The van der Waals surface area contributed by atoms with Crippen LogP contribution >= 0.6 is 11.6 Å². The van der Waals surface area contributed by atoms with Crippen LogP contribution in [0.5, 0.6) is 0 Å². The summed E-state index contributed by atoms with van der Waals surface area (Å²) in [5, 5.41) is 13.4. The SMILES string of the molecule is OCCCC[C@@H]1Nc2ccc(Cl)cc2[C@H]2OCCC[C@@H]12. The number of ether oxygens (including phenoxy) is 1. The van der Waals surface area contributed by atoms with Crippen LogP contribution in [0.2, 0.25) is 5.02 Å². The van der Waals surface area contributed by atoms with Crippen LogP contribution < -0.4 is 5.32 Å². The first-order valence-electron chi connectivity index (χ1n) is 7.58. The zero-order valence-corrected chi connectivity index (χ0v) is 12.4. The zero-order chi connectivity index (χ0) is 13.9. The molecule has 110 valence electrons. The van der Waals surface area contributed by atoms with E-state index >= 15 is 0 Å². The number of unbranched alkanes of at least 4 members (excludes halogenated alkanes) is 1. The number of aliphatic hydroxyl groups is 1. The van der Waals surface area contributed by atoms with E-state index in [4.69, 9.17) is 21.4 Å². The summed E-state index contributed by atoms with van der Waals surface area (Å²) in [5.74, 6) is 0.522. The van der Waals surface area contributed by atoms with Gasteiger partial charge in [0, 0.05) is 41.4 Å². The minimum Gasteiger partial charge on any atom is -0.396 e. The first kappa shape index (κ1) is 14.2. The van der Waals surface area contributed by atoms with Gasteiger partial charge in [0.25, 0.3) is 0 Å². The number of hydrogen-bond acceptors (Lipinski definition) is 3. The second-order valence-electron chi connectivity index (χ2n) is 5.80.